The van der Waals surface area contributed by atoms with Crippen LogP contribution in [0.15, 0.2) is 30.3 Å². The summed E-state index contributed by atoms with van der Waals surface area (Å²) in [5.41, 5.74) is 0. The molecule has 4 heteroatoms. The number of carbonyl (C=O) groups is 1. The summed E-state index contributed by atoms with van der Waals surface area (Å²) in [5, 5.41) is 0. The summed E-state index contributed by atoms with van der Waals surface area (Å²) < 4.78 is 5.47. The van der Waals surface area contributed by atoms with E-state index in [2.05, 4.69) is 15.9 Å². The van der Waals surface area contributed by atoms with E-state index in [4.69, 9.17) is 4.74 Å². The molecule has 0 aromatic heterocycles. The lowest BCUT2D eigenvalue weighted by atomic mass is 10.3. The molecule has 0 heterocycles. The molecule has 0 bridgehead atoms. The van der Waals surface area contributed by atoms with Crippen LogP contribution in [0.25, 0.3) is 0 Å². The van der Waals surface area contributed by atoms with E-state index < -0.39 is 0 Å². The van der Waals surface area contributed by atoms with E-state index in [1.165, 1.54) is 0 Å². The Morgan fingerprint density at radius 3 is 2.65 bits per heavy atom. The highest BCUT2D eigenvalue weighted by atomic mass is 79.9. The second-order valence-electron chi connectivity index (χ2n) is 3.97. The molecule has 0 fully saturated rings. The van der Waals surface area contributed by atoms with E-state index >= 15 is 0 Å². The summed E-state index contributed by atoms with van der Waals surface area (Å²) in [5.74, 6) is 0.907. The van der Waals surface area contributed by atoms with Crippen LogP contribution in [0.3, 0.4) is 0 Å². The molecule has 0 radical (unpaired) electrons. The first-order valence-electron chi connectivity index (χ1n) is 5.65. The number of benzene rings is 1. The first-order chi connectivity index (χ1) is 8.09. The maximum atomic E-state index is 11.7. The molecule has 1 unspecified atom stereocenters. The van der Waals surface area contributed by atoms with Gasteiger partial charge in [-0.25, -0.2) is 0 Å². The average molecular weight is 300 g/mol. The standard InChI is InChI=1S/C13H18BrNO2/c1-11(14)10-15(2)13(16)8-9-17-12-6-4-3-5-7-12/h3-7,11H,8-10H2,1-2H3. The molecule has 0 aliphatic carbocycles. The Morgan fingerprint density at radius 2 is 2.06 bits per heavy atom. The summed E-state index contributed by atoms with van der Waals surface area (Å²) in [6.07, 6.45) is 0.408. The highest BCUT2D eigenvalue weighted by Gasteiger charge is 2.10. The molecule has 0 aliphatic heterocycles. The van der Waals surface area contributed by atoms with Crippen molar-refractivity contribution in [3.05, 3.63) is 30.3 Å². The predicted molar refractivity (Wildman–Crippen MR) is 72.6 cm³/mol. The zero-order valence-electron chi connectivity index (χ0n) is 10.2. The Kier molecular flexibility index (Phi) is 6.05. The molecule has 0 aliphatic rings. The number of para-hydroxylation sites is 1. The first-order valence-corrected chi connectivity index (χ1v) is 6.57. The van der Waals surface area contributed by atoms with Crippen molar-refractivity contribution < 1.29 is 9.53 Å². The molecule has 3 nitrogen and oxygen atoms in total. The van der Waals surface area contributed by atoms with Crippen molar-refractivity contribution in [3.8, 4) is 5.75 Å². The minimum Gasteiger partial charge on any atom is -0.493 e. The fourth-order valence-electron chi connectivity index (χ4n) is 1.44. The molecular weight excluding hydrogens is 282 g/mol. The molecule has 0 saturated heterocycles. The number of halogens is 1. The smallest absolute Gasteiger partial charge is 0.225 e. The molecule has 0 saturated carbocycles. The van der Waals surface area contributed by atoms with E-state index in [0.29, 0.717) is 24.4 Å². The maximum Gasteiger partial charge on any atom is 0.225 e. The second kappa shape index (κ2) is 7.33. The summed E-state index contributed by atoms with van der Waals surface area (Å²) in [6.45, 7) is 3.15. The van der Waals surface area contributed by atoms with Gasteiger partial charge in [0.15, 0.2) is 0 Å². The zero-order valence-corrected chi connectivity index (χ0v) is 11.8. The van der Waals surface area contributed by atoms with Crippen molar-refractivity contribution in [2.24, 2.45) is 0 Å². The predicted octanol–water partition coefficient (Wildman–Crippen LogP) is 2.70. The van der Waals surface area contributed by atoms with Gasteiger partial charge in [0.2, 0.25) is 5.91 Å². The molecule has 0 N–H and O–H groups in total. The van der Waals surface area contributed by atoms with E-state index in [1.54, 1.807) is 4.90 Å². The Labute approximate surface area is 111 Å². The maximum absolute atomic E-state index is 11.7. The SMILES string of the molecule is CC(Br)CN(C)C(=O)CCOc1ccccc1. The number of rotatable bonds is 6. The van der Waals surface area contributed by atoms with Crippen LogP contribution in [-0.4, -0.2) is 35.8 Å². The van der Waals surface area contributed by atoms with Crippen molar-refractivity contribution in [1.82, 2.24) is 4.90 Å². The van der Waals surface area contributed by atoms with Gasteiger partial charge in [-0.2, -0.15) is 0 Å². The molecule has 1 atom stereocenters. The molecule has 1 aromatic rings. The largest absolute Gasteiger partial charge is 0.493 e. The number of nitrogens with zero attached hydrogens (tertiary/aromatic N) is 1. The lowest BCUT2D eigenvalue weighted by Crippen LogP contribution is -2.32. The van der Waals surface area contributed by atoms with Gasteiger partial charge >= 0.3 is 0 Å². The van der Waals surface area contributed by atoms with Crippen LogP contribution in [0, 0.1) is 0 Å². The fraction of sp³-hybridized carbons (Fsp3) is 0.462. The molecule has 1 rings (SSSR count). The number of hydrogen-bond acceptors (Lipinski definition) is 2. The molecule has 1 amide bonds. The van der Waals surface area contributed by atoms with Crippen molar-refractivity contribution in [3.63, 3.8) is 0 Å². The third kappa shape index (κ3) is 5.73. The van der Waals surface area contributed by atoms with Crippen LogP contribution in [0.5, 0.6) is 5.75 Å². The molecular formula is C13H18BrNO2. The van der Waals surface area contributed by atoms with Crippen LogP contribution in [0.4, 0.5) is 0 Å². The number of hydrogen-bond donors (Lipinski definition) is 0. The number of carbonyl (C=O) groups excluding carboxylic acids is 1. The Hall–Kier alpha value is -1.03. The number of alkyl halides is 1. The lowest BCUT2D eigenvalue weighted by Gasteiger charge is -2.18. The quantitative estimate of drug-likeness (QED) is 0.756. The number of amides is 1. The van der Waals surface area contributed by atoms with Crippen LogP contribution >= 0.6 is 15.9 Å². The molecule has 94 valence electrons. The molecule has 17 heavy (non-hydrogen) atoms. The van der Waals surface area contributed by atoms with Gasteiger partial charge in [0, 0.05) is 18.4 Å². The highest BCUT2D eigenvalue weighted by molar-refractivity contribution is 9.09. The highest BCUT2D eigenvalue weighted by Crippen LogP contribution is 2.09. The molecule has 0 spiro atoms. The van der Waals surface area contributed by atoms with Gasteiger partial charge in [-0.05, 0) is 12.1 Å². The van der Waals surface area contributed by atoms with Gasteiger partial charge < -0.3 is 9.64 Å². The third-order valence-corrected chi connectivity index (χ3v) is 2.57. The summed E-state index contributed by atoms with van der Waals surface area (Å²) in [6, 6.07) is 9.53. The van der Waals surface area contributed by atoms with Crippen LogP contribution in [0.1, 0.15) is 13.3 Å². The van der Waals surface area contributed by atoms with E-state index in [-0.39, 0.29) is 5.91 Å². The van der Waals surface area contributed by atoms with Gasteiger partial charge in [0.05, 0.1) is 13.0 Å². The van der Waals surface area contributed by atoms with Crippen LogP contribution in [0.2, 0.25) is 0 Å². The Balaban J connectivity index is 2.24. The molecule has 1 aromatic carbocycles. The minimum absolute atomic E-state index is 0.104. The zero-order chi connectivity index (χ0) is 12.7. The third-order valence-electron chi connectivity index (χ3n) is 2.28. The fourth-order valence-corrected chi connectivity index (χ4v) is 1.88. The minimum atomic E-state index is 0.104. The van der Waals surface area contributed by atoms with E-state index in [1.807, 2.05) is 44.3 Å². The summed E-state index contributed by atoms with van der Waals surface area (Å²) in [7, 11) is 1.81. The van der Waals surface area contributed by atoms with Gasteiger partial charge in [0.25, 0.3) is 0 Å². The van der Waals surface area contributed by atoms with Gasteiger partial charge in [0.1, 0.15) is 5.75 Å². The van der Waals surface area contributed by atoms with E-state index in [0.717, 1.165) is 5.75 Å². The Morgan fingerprint density at radius 1 is 1.41 bits per heavy atom. The van der Waals surface area contributed by atoms with Crippen molar-refractivity contribution in [2.45, 2.75) is 18.2 Å². The summed E-state index contributed by atoms with van der Waals surface area (Å²) >= 11 is 3.42. The number of ether oxygens (including phenoxy) is 1. The van der Waals surface area contributed by atoms with Crippen LogP contribution in [-0.2, 0) is 4.79 Å². The van der Waals surface area contributed by atoms with Crippen molar-refractivity contribution >= 4 is 21.8 Å². The summed E-state index contributed by atoms with van der Waals surface area (Å²) in [4.78, 5) is 13.7. The van der Waals surface area contributed by atoms with Gasteiger partial charge in [-0.15, -0.1) is 0 Å². The van der Waals surface area contributed by atoms with Gasteiger partial charge in [-0.1, -0.05) is 41.1 Å². The first kappa shape index (κ1) is 14.0. The normalized spacial score (nSPS) is 11.9. The van der Waals surface area contributed by atoms with Crippen molar-refractivity contribution in [2.75, 3.05) is 20.2 Å². The lowest BCUT2D eigenvalue weighted by molar-refractivity contribution is -0.130. The van der Waals surface area contributed by atoms with Crippen molar-refractivity contribution in [1.29, 1.82) is 0 Å². The Bertz CT molecular complexity index is 341. The second-order valence-corrected chi connectivity index (χ2v) is 5.53. The topological polar surface area (TPSA) is 29.5 Å². The van der Waals surface area contributed by atoms with E-state index in [9.17, 15) is 4.79 Å². The van der Waals surface area contributed by atoms with Gasteiger partial charge in [-0.3, -0.25) is 4.79 Å². The van der Waals surface area contributed by atoms with Crippen LogP contribution < -0.4 is 4.74 Å². The monoisotopic (exact) mass is 299 g/mol. The average Bonchev–Trinajstić information content (AvgIpc) is 2.29.